The average Bonchev–Trinajstić information content (AvgIpc) is 2.20. The number of rotatable bonds is 2. The molecule has 1 aromatic rings. The minimum atomic E-state index is -0.409. The van der Waals surface area contributed by atoms with Crippen molar-refractivity contribution in [3.05, 3.63) is 35.9 Å². The van der Waals surface area contributed by atoms with Crippen LogP contribution >= 0.6 is 0 Å². The molecule has 3 nitrogen and oxygen atoms in total. The fraction of sp³-hybridized carbons (Fsp3) is 0.200. The second-order valence-corrected chi connectivity index (χ2v) is 2.43. The minimum Gasteiger partial charge on any atom is -0.464 e. The molecule has 1 aromatic carbocycles. The highest BCUT2D eigenvalue weighted by Crippen LogP contribution is 2.02. The summed E-state index contributed by atoms with van der Waals surface area (Å²) in [7, 11) is 2.91. The quantitative estimate of drug-likeness (QED) is 0.504. The normalized spacial score (nSPS) is 11.1. The van der Waals surface area contributed by atoms with Crippen LogP contribution in [0.25, 0.3) is 0 Å². The third-order valence-corrected chi connectivity index (χ3v) is 1.65. The predicted octanol–water partition coefficient (Wildman–Crippen LogP) is 1.28. The Labute approximate surface area is 77.1 Å². The molecule has 3 heteroatoms. The van der Waals surface area contributed by atoms with Gasteiger partial charge in [-0.1, -0.05) is 30.3 Å². The van der Waals surface area contributed by atoms with E-state index in [0.29, 0.717) is 5.71 Å². The molecule has 0 amide bonds. The van der Waals surface area contributed by atoms with Gasteiger partial charge in [-0.05, 0) is 0 Å². The first-order valence-electron chi connectivity index (χ1n) is 3.90. The molecule has 0 heterocycles. The molecular weight excluding hydrogens is 166 g/mol. The Morgan fingerprint density at radius 2 is 1.92 bits per heavy atom. The molecular formula is C10H11NO2. The lowest BCUT2D eigenvalue weighted by Gasteiger charge is -2.02. The monoisotopic (exact) mass is 177 g/mol. The Morgan fingerprint density at radius 1 is 1.31 bits per heavy atom. The van der Waals surface area contributed by atoms with Gasteiger partial charge in [-0.2, -0.15) is 0 Å². The predicted molar refractivity (Wildman–Crippen MR) is 50.9 cm³/mol. The van der Waals surface area contributed by atoms with E-state index < -0.39 is 5.97 Å². The van der Waals surface area contributed by atoms with Gasteiger partial charge in [0.1, 0.15) is 5.71 Å². The fourth-order valence-electron chi connectivity index (χ4n) is 1.03. The van der Waals surface area contributed by atoms with Crippen LogP contribution in [0, 0.1) is 0 Å². The maximum atomic E-state index is 11.2. The summed E-state index contributed by atoms with van der Waals surface area (Å²) in [4.78, 5) is 15.1. The summed E-state index contributed by atoms with van der Waals surface area (Å²) in [5.41, 5.74) is 1.12. The number of ether oxygens (including phenoxy) is 1. The fourth-order valence-corrected chi connectivity index (χ4v) is 1.03. The van der Waals surface area contributed by atoms with Crippen molar-refractivity contribution >= 4 is 11.7 Å². The Morgan fingerprint density at radius 3 is 2.38 bits per heavy atom. The maximum Gasteiger partial charge on any atom is 0.356 e. The molecule has 0 spiro atoms. The second kappa shape index (κ2) is 4.40. The number of aliphatic imine (C=N–C) groups is 1. The molecule has 0 fully saturated rings. The van der Waals surface area contributed by atoms with Crippen molar-refractivity contribution in [1.82, 2.24) is 0 Å². The summed E-state index contributed by atoms with van der Waals surface area (Å²) in [6.45, 7) is 0. The Balaban J connectivity index is 3.00. The zero-order valence-electron chi connectivity index (χ0n) is 7.65. The van der Waals surface area contributed by atoms with Crippen LogP contribution in [-0.2, 0) is 9.53 Å². The van der Waals surface area contributed by atoms with E-state index in [0.717, 1.165) is 5.56 Å². The first-order chi connectivity index (χ1) is 6.29. The summed E-state index contributed by atoms with van der Waals surface area (Å²) in [5.74, 6) is -0.409. The lowest BCUT2D eigenvalue weighted by Crippen LogP contribution is -2.16. The van der Waals surface area contributed by atoms with Crippen LogP contribution in [0.5, 0.6) is 0 Å². The van der Waals surface area contributed by atoms with E-state index in [4.69, 9.17) is 0 Å². The number of hydrogen-bond acceptors (Lipinski definition) is 3. The van der Waals surface area contributed by atoms with Crippen molar-refractivity contribution in [1.29, 1.82) is 0 Å². The van der Waals surface area contributed by atoms with Crippen molar-refractivity contribution in [3.63, 3.8) is 0 Å². The number of nitrogens with zero attached hydrogens (tertiary/aromatic N) is 1. The van der Waals surface area contributed by atoms with Crippen LogP contribution in [0.15, 0.2) is 35.3 Å². The van der Waals surface area contributed by atoms with Gasteiger partial charge < -0.3 is 4.74 Å². The van der Waals surface area contributed by atoms with E-state index in [2.05, 4.69) is 9.73 Å². The third kappa shape index (κ3) is 2.15. The van der Waals surface area contributed by atoms with Crippen LogP contribution in [0.4, 0.5) is 0 Å². The number of esters is 1. The van der Waals surface area contributed by atoms with Crippen molar-refractivity contribution in [2.45, 2.75) is 0 Å². The van der Waals surface area contributed by atoms with Crippen molar-refractivity contribution < 1.29 is 9.53 Å². The summed E-state index contributed by atoms with van der Waals surface area (Å²) in [6.07, 6.45) is 0. The van der Waals surface area contributed by atoms with Crippen LogP contribution in [-0.4, -0.2) is 25.8 Å². The Bertz CT molecular complexity index is 317. The second-order valence-electron chi connectivity index (χ2n) is 2.43. The molecule has 13 heavy (non-hydrogen) atoms. The highest BCUT2D eigenvalue weighted by molar-refractivity contribution is 6.43. The molecule has 68 valence electrons. The van der Waals surface area contributed by atoms with E-state index in [1.807, 2.05) is 30.3 Å². The molecule has 0 atom stereocenters. The Hall–Kier alpha value is -1.64. The zero-order chi connectivity index (χ0) is 9.68. The molecule has 0 aliphatic carbocycles. The molecule has 0 bridgehead atoms. The van der Waals surface area contributed by atoms with E-state index in [1.165, 1.54) is 7.11 Å². The first-order valence-corrected chi connectivity index (χ1v) is 3.90. The van der Waals surface area contributed by atoms with Crippen molar-refractivity contribution in [2.24, 2.45) is 4.99 Å². The first kappa shape index (κ1) is 9.45. The summed E-state index contributed by atoms with van der Waals surface area (Å²) in [5, 5.41) is 0. The van der Waals surface area contributed by atoms with Gasteiger partial charge in [0.05, 0.1) is 7.11 Å². The highest BCUT2D eigenvalue weighted by Gasteiger charge is 2.11. The SMILES string of the molecule is CN=C(C(=O)OC)c1ccccc1. The number of carbonyl (C=O) groups excluding carboxylic acids is 1. The van der Waals surface area contributed by atoms with Gasteiger partial charge in [0.2, 0.25) is 0 Å². The molecule has 0 aliphatic rings. The van der Waals surface area contributed by atoms with Gasteiger partial charge in [0, 0.05) is 12.6 Å². The van der Waals surface area contributed by atoms with Gasteiger partial charge in [0.15, 0.2) is 0 Å². The molecule has 0 aliphatic heterocycles. The largest absolute Gasteiger partial charge is 0.464 e. The number of carbonyl (C=O) groups is 1. The molecule has 0 N–H and O–H groups in total. The highest BCUT2D eigenvalue weighted by atomic mass is 16.5. The number of benzene rings is 1. The molecule has 0 aromatic heterocycles. The molecule has 1 rings (SSSR count). The zero-order valence-corrected chi connectivity index (χ0v) is 7.65. The van der Waals surface area contributed by atoms with E-state index in [9.17, 15) is 4.79 Å². The minimum absolute atomic E-state index is 0.350. The van der Waals surface area contributed by atoms with Crippen LogP contribution in [0.2, 0.25) is 0 Å². The molecule has 0 radical (unpaired) electrons. The Kier molecular flexibility index (Phi) is 3.20. The van der Waals surface area contributed by atoms with Gasteiger partial charge in [0.25, 0.3) is 0 Å². The van der Waals surface area contributed by atoms with Crippen LogP contribution < -0.4 is 0 Å². The molecule has 0 unspecified atom stereocenters. The van der Waals surface area contributed by atoms with Gasteiger partial charge in [-0.15, -0.1) is 0 Å². The topological polar surface area (TPSA) is 38.7 Å². The number of methoxy groups -OCH3 is 1. The standard InChI is InChI=1S/C10H11NO2/c1-11-9(10(12)13-2)8-6-4-3-5-7-8/h3-7H,1-2H3. The average molecular weight is 177 g/mol. The summed E-state index contributed by atoms with van der Waals surface area (Å²) < 4.78 is 4.59. The van der Waals surface area contributed by atoms with Crippen molar-refractivity contribution in [3.8, 4) is 0 Å². The van der Waals surface area contributed by atoms with E-state index in [1.54, 1.807) is 7.05 Å². The van der Waals surface area contributed by atoms with Gasteiger partial charge >= 0.3 is 5.97 Å². The number of hydrogen-bond donors (Lipinski definition) is 0. The van der Waals surface area contributed by atoms with E-state index >= 15 is 0 Å². The lowest BCUT2D eigenvalue weighted by molar-refractivity contribution is -0.132. The summed E-state index contributed by atoms with van der Waals surface area (Å²) >= 11 is 0. The smallest absolute Gasteiger partial charge is 0.356 e. The maximum absolute atomic E-state index is 11.2. The molecule has 0 saturated heterocycles. The van der Waals surface area contributed by atoms with Crippen LogP contribution in [0.3, 0.4) is 0 Å². The molecule has 0 saturated carbocycles. The van der Waals surface area contributed by atoms with E-state index in [-0.39, 0.29) is 0 Å². The lowest BCUT2D eigenvalue weighted by atomic mass is 10.1. The van der Waals surface area contributed by atoms with Crippen molar-refractivity contribution in [2.75, 3.05) is 14.2 Å². The van der Waals surface area contributed by atoms with Crippen LogP contribution in [0.1, 0.15) is 5.56 Å². The van der Waals surface area contributed by atoms with Gasteiger partial charge in [-0.3, -0.25) is 4.99 Å². The summed E-state index contributed by atoms with van der Waals surface area (Å²) in [6, 6.07) is 9.22. The van der Waals surface area contributed by atoms with Gasteiger partial charge in [-0.25, -0.2) is 4.79 Å². The third-order valence-electron chi connectivity index (χ3n) is 1.65.